The third-order valence-electron chi connectivity index (χ3n) is 3.82. The summed E-state index contributed by atoms with van der Waals surface area (Å²) in [6.07, 6.45) is 0. The van der Waals surface area contributed by atoms with Crippen LogP contribution in [0.25, 0.3) is 0 Å². The Labute approximate surface area is 254 Å². The van der Waals surface area contributed by atoms with Crippen LogP contribution in [0.2, 0.25) is 0 Å². The SMILES string of the molecule is BrC(C(Br)(Br)OC(Br)(Br)C(Br)C(Br)(Br)c1ccccc1)C(Br)(Br)c1ccccc1. The Bertz CT molecular complexity index is 727. The minimum Gasteiger partial charge on any atom is -0.323 e. The van der Waals surface area contributed by atoms with E-state index in [4.69, 9.17) is 4.74 Å². The lowest BCUT2D eigenvalue weighted by Gasteiger charge is -2.42. The zero-order chi connectivity index (χ0) is 22.1. The van der Waals surface area contributed by atoms with Crippen LogP contribution in [0.4, 0.5) is 0 Å². The molecule has 0 bridgehead atoms. The summed E-state index contributed by atoms with van der Waals surface area (Å²) >= 11 is 37.4. The average molecular weight is 1040 g/mol. The lowest BCUT2D eigenvalue weighted by atomic mass is 10.1. The van der Waals surface area contributed by atoms with Gasteiger partial charge in [0.1, 0.15) is 6.47 Å². The van der Waals surface area contributed by atoms with Crippen LogP contribution in [0.5, 0.6) is 0 Å². The third-order valence-corrected chi connectivity index (χ3v) is 17.5. The lowest BCUT2D eigenvalue weighted by Crippen LogP contribution is -2.47. The van der Waals surface area contributed by atoms with E-state index in [1.807, 2.05) is 60.7 Å². The Kier molecular flexibility index (Phi) is 11.1. The quantitative estimate of drug-likeness (QED) is 0.240. The molecule has 2 unspecified atom stereocenters. The van der Waals surface area contributed by atoms with Crippen LogP contribution in [0.1, 0.15) is 11.1 Å². The lowest BCUT2D eigenvalue weighted by molar-refractivity contribution is 0.0627. The fourth-order valence-electron chi connectivity index (χ4n) is 2.32. The first kappa shape index (κ1) is 28.4. The molecule has 0 spiro atoms. The van der Waals surface area contributed by atoms with E-state index in [1.165, 1.54) is 0 Å². The summed E-state index contributed by atoms with van der Waals surface area (Å²) in [5, 5.41) is 0. The van der Waals surface area contributed by atoms with Crippen molar-refractivity contribution in [2.24, 2.45) is 0 Å². The molecule has 0 aromatic heterocycles. The first-order valence-electron chi connectivity index (χ1n) is 7.83. The second-order valence-corrected chi connectivity index (χ2v) is 21.7. The van der Waals surface area contributed by atoms with Gasteiger partial charge < -0.3 is 4.74 Å². The van der Waals surface area contributed by atoms with E-state index in [1.54, 1.807) is 0 Å². The number of alkyl halides is 10. The molecule has 0 heterocycles. The molecule has 0 aliphatic rings. The highest BCUT2D eigenvalue weighted by Gasteiger charge is 2.55. The number of hydrogen-bond donors (Lipinski definition) is 0. The molecule has 2 rings (SSSR count). The zero-order valence-corrected chi connectivity index (χ0v) is 30.0. The van der Waals surface area contributed by atoms with E-state index in [9.17, 15) is 0 Å². The second-order valence-electron chi connectivity index (χ2n) is 5.93. The number of rotatable bonds is 8. The summed E-state index contributed by atoms with van der Waals surface area (Å²) in [6.45, 7) is 0. The molecule has 0 aliphatic heterocycles. The second kappa shape index (κ2) is 11.3. The van der Waals surface area contributed by atoms with Crippen molar-refractivity contribution in [3.63, 3.8) is 0 Å². The van der Waals surface area contributed by atoms with Crippen LogP contribution in [-0.2, 0) is 11.2 Å². The van der Waals surface area contributed by atoms with E-state index in [0.29, 0.717) is 0 Å². The summed E-state index contributed by atoms with van der Waals surface area (Å²) in [4.78, 5) is -0.591. The maximum absolute atomic E-state index is 6.42. The highest BCUT2D eigenvalue weighted by molar-refractivity contribution is 9.28. The van der Waals surface area contributed by atoms with Crippen molar-refractivity contribution in [1.82, 2.24) is 0 Å². The Hall–Kier alpha value is 3.20. The maximum Gasteiger partial charge on any atom is 0.195 e. The summed E-state index contributed by atoms with van der Waals surface area (Å²) in [5.74, 6) is 0. The van der Waals surface area contributed by atoms with Crippen LogP contribution in [0, 0.1) is 0 Å². The molecule has 0 amide bonds. The molecular weight excluding hydrogens is 1030 g/mol. The van der Waals surface area contributed by atoms with Crippen molar-refractivity contribution in [2.75, 3.05) is 0 Å². The molecule has 0 aliphatic carbocycles. The predicted octanol–water partition coefficient (Wildman–Crippen LogP) is 10.7. The molecule has 2 aromatic carbocycles. The Morgan fingerprint density at radius 2 is 0.793 bits per heavy atom. The van der Waals surface area contributed by atoms with Gasteiger partial charge in [0.25, 0.3) is 0 Å². The van der Waals surface area contributed by atoms with Gasteiger partial charge in [-0.1, -0.05) is 156 Å². The Balaban J connectivity index is 2.27. The fourth-order valence-corrected chi connectivity index (χ4v) is 11.1. The average Bonchev–Trinajstić information content (AvgIpc) is 2.67. The normalized spacial score (nSPS) is 15.8. The van der Waals surface area contributed by atoms with Crippen LogP contribution in [-0.4, -0.2) is 16.5 Å². The van der Waals surface area contributed by atoms with E-state index in [2.05, 4.69) is 159 Å². The molecule has 11 heteroatoms. The first-order chi connectivity index (χ1) is 13.2. The molecule has 1 nitrogen and oxygen atoms in total. The van der Waals surface area contributed by atoms with Gasteiger partial charge in [-0.3, -0.25) is 0 Å². The molecule has 0 N–H and O–H groups in total. The van der Waals surface area contributed by atoms with Gasteiger partial charge in [-0.2, -0.15) is 0 Å². The van der Waals surface area contributed by atoms with Crippen molar-refractivity contribution in [3.8, 4) is 0 Å². The molecule has 0 fully saturated rings. The van der Waals surface area contributed by atoms with Gasteiger partial charge >= 0.3 is 0 Å². The molecule has 29 heavy (non-hydrogen) atoms. The summed E-state index contributed by atoms with van der Waals surface area (Å²) in [6, 6.07) is 20.0. The van der Waals surface area contributed by atoms with Crippen LogP contribution >= 0.6 is 159 Å². The van der Waals surface area contributed by atoms with Crippen molar-refractivity contribution >= 4 is 159 Å². The highest BCUT2D eigenvalue weighted by atomic mass is 79.9. The monoisotopic (exact) mass is 1030 g/mol. The Morgan fingerprint density at radius 1 is 0.517 bits per heavy atom. The predicted molar refractivity (Wildman–Crippen MR) is 160 cm³/mol. The van der Waals surface area contributed by atoms with Gasteiger partial charge in [-0.15, -0.1) is 0 Å². The Morgan fingerprint density at radius 3 is 1.07 bits per heavy atom. The molecule has 0 radical (unpaired) electrons. The van der Waals surface area contributed by atoms with Crippen molar-refractivity contribution < 1.29 is 4.74 Å². The number of halogens is 10. The van der Waals surface area contributed by atoms with Gasteiger partial charge in [0.05, 0.1) is 9.65 Å². The standard InChI is InChI=1S/C18H12Br10O/c19-13(15(21,22)11-7-3-1-4-8-11)17(25,26)29-18(27,28)14(20)16(23,24)12-9-5-2-6-10-12/h1-10,13-14H. The van der Waals surface area contributed by atoms with E-state index in [-0.39, 0.29) is 9.65 Å². The molecule has 0 saturated heterocycles. The number of hydrogen-bond acceptors (Lipinski definition) is 1. The zero-order valence-electron chi connectivity index (χ0n) is 14.1. The van der Waals surface area contributed by atoms with Crippen molar-refractivity contribution in [3.05, 3.63) is 71.8 Å². The molecule has 160 valence electrons. The minimum absolute atomic E-state index is 0.296. The minimum atomic E-state index is -0.991. The van der Waals surface area contributed by atoms with Crippen LogP contribution in [0.3, 0.4) is 0 Å². The van der Waals surface area contributed by atoms with Crippen LogP contribution in [0.15, 0.2) is 60.7 Å². The summed E-state index contributed by atoms with van der Waals surface area (Å²) in [7, 11) is 0. The van der Waals surface area contributed by atoms with Gasteiger partial charge in [0.15, 0.2) is 6.84 Å². The largest absolute Gasteiger partial charge is 0.323 e. The van der Waals surface area contributed by atoms with Crippen molar-refractivity contribution in [2.45, 2.75) is 23.0 Å². The number of benzene rings is 2. The summed E-state index contributed by atoms with van der Waals surface area (Å²) in [5.41, 5.74) is 2.05. The summed E-state index contributed by atoms with van der Waals surface area (Å²) < 4.78 is 3.20. The highest BCUT2D eigenvalue weighted by Crippen LogP contribution is 2.59. The van der Waals surface area contributed by atoms with E-state index < -0.39 is 13.3 Å². The molecule has 2 aromatic rings. The topological polar surface area (TPSA) is 9.23 Å². The smallest absolute Gasteiger partial charge is 0.195 e. The fraction of sp³-hybridized carbons (Fsp3) is 0.333. The van der Waals surface area contributed by atoms with E-state index in [0.717, 1.165) is 11.1 Å². The van der Waals surface area contributed by atoms with Gasteiger partial charge in [-0.05, 0) is 74.8 Å². The van der Waals surface area contributed by atoms with Crippen LogP contribution < -0.4 is 0 Å². The van der Waals surface area contributed by atoms with Gasteiger partial charge in [0.2, 0.25) is 0 Å². The molecule has 0 saturated carbocycles. The molecule has 2 atom stereocenters. The maximum atomic E-state index is 6.42. The first-order valence-corrected chi connectivity index (χ1v) is 16.0. The third kappa shape index (κ3) is 7.10. The van der Waals surface area contributed by atoms with Gasteiger partial charge in [0, 0.05) is 0 Å². The van der Waals surface area contributed by atoms with E-state index >= 15 is 0 Å². The number of ether oxygens (including phenoxy) is 1. The molecular formula is C18H12Br10O. The van der Waals surface area contributed by atoms with Gasteiger partial charge in [-0.25, -0.2) is 0 Å². The van der Waals surface area contributed by atoms with Crippen molar-refractivity contribution in [1.29, 1.82) is 0 Å².